The zero-order valence-electron chi connectivity index (χ0n) is 17.3. The van der Waals surface area contributed by atoms with E-state index in [1.165, 1.54) is 89.9 Å². The van der Waals surface area contributed by atoms with Crippen LogP contribution >= 0.6 is 0 Å². The van der Waals surface area contributed by atoms with Crippen molar-refractivity contribution in [3.63, 3.8) is 0 Å². The Hall–Kier alpha value is -0.730. The summed E-state index contributed by atoms with van der Waals surface area (Å²) in [4.78, 5) is 11.4. The van der Waals surface area contributed by atoms with Gasteiger partial charge in [-0.1, -0.05) is 110 Å². The van der Waals surface area contributed by atoms with Crippen LogP contribution in [0.1, 0.15) is 123 Å². The third-order valence-electron chi connectivity index (χ3n) is 4.88. The highest BCUT2D eigenvalue weighted by Gasteiger charge is 1.98. The first-order chi connectivity index (χ1) is 12.3. The van der Waals surface area contributed by atoms with Crippen molar-refractivity contribution in [1.82, 2.24) is 10.6 Å². The van der Waals surface area contributed by atoms with E-state index in [4.69, 9.17) is 0 Å². The van der Waals surface area contributed by atoms with Gasteiger partial charge in [-0.15, -0.1) is 0 Å². The number of carbonyl (C=O) groups is 1. The summed E-state index contributed by atoms with van der Waals surface area (Å²) in [6.45, 7) is 6.03. The van der Waals surface area contributed by atoms with E-state index in [0.717, 1.165) is 32.4 Å². The Balaban J connectivity index is 3.06. The lowest BCUT2D eigenvalue weighted by Crippen LogP contribution is -2.36. The molecule has 3 heteroatoms. The molecule has 0 fully saturated rings. The quantitative estimate of drug-likeness (QED) is 0.242. The SMILES string of the molecule is CCCCCCCCCCCCCCCCCNC(=O)NCCCC. The van der Waals surface area contributed by atoms with Crippen molar-refractivity contribution in [1.29, 1.82) is 0 Å². The van der Waals surface area contributed by atoms with Crippen LogP contribution in [0, 0.1) is 0 Å². The minimum atomic E-state index is -0.00110. The number of rotatable bonds is 19. The van der Waals surface area contributed by atoms with E-state index in [9.17, 15) is 4.79 Å². The average molecular weight is 355 g/mol. The second-order valence-electron chi connectivity index (χ2n) is 7.49. The molecule has 2 amide bonds. The number of carbonyl (C=O) groups excluding carboxylic acids is 1. The highest BCUT2D eigenvalue weighted by Crippen LogP contribution is 2.13. The summed E-state index contributed by atoms with van der Waals surface area (Å²) in [5.41, 5.74) is 0. The fourth-order valence-corrected chi connectivity index (χ4v) is 3.14. The van der Waals surface area contributed by atoms with E-state index in [2.05, 4.69) is 24.5 Å². The number of urea groups is 1. The van der Waals surface area contributed by atoms with Crippen molar-refractivity contribution >= 4 is 6.03 Å². The molecule has 0 aromatic carbocycles. The molecule has 0 saturated carbocycles. The first-order valence-corrected chi connectivity index (χ1v) is 11.3. The van der Waals surface area contributed by atoms with E-state index >= 15 is 0 Å². The largest absolute Gasteiger partial charge is 0.338 e. The Labute approximate surface area is 158 Å². The molecule has 0 heterocycles. The summed E-state index contributed by atoms with van der Waals surface area (Å²) >= 11 is 0. The molecule has 0 bridgehead atoms. The fraction of sp³-hybridized carbons (Fsp3) is 0.955. The molecule has 2 N–H and O–H groups in total. The summed E-state index contributed by atoms with van der Waals surface area (Å²) in [7, 11) is 0. The Bertz CT molecular complexity index is 269. The van der Waals surface area contributed by atoms with Crippen LogP contribution in [0.4, 0.5) is 4.79 Å². The van der Waals surface area contributed by atoms with Gasteiger partial charge < -0.3 is 10.6 Å². The molecule has 150 valence electrons. The van der Waals surface area contributed by atoms with Gasteiger partial charge >= 0.3 is 6.03 Å². The zero-order chi connectivity index (χ0) is 18.4. The smallest absolute Gasteiger partial charge is 0.314 e. The number of nitrogens with one attached hydrogen (secondary N) is 2. The standard InChI is InChI=1S/C22H46N2O/c1-3-5-7-8-9-10-11-12-13-14-15-16-17-18-19-21-24-22(25)23-20-6-4-2/h3-21H2,1-2H3,(H2,23,24,25). The summed E-state index contributed by atoms with van der Waals surface area (Å²) < 4.78 is 0. The van der Waals surface area contributed by atoms with Crippen molar-refractivity contribution in [2.45, 2.75) is 123 Å². The minimum Gasteiger partial charge on any atom is -0.338 e. The van der Waals surface area contributed by atoms with Gasteiger partial charge in [-0.25, -0.2) is 4.79 Å². The second-order valence-corrected chi connectivity index (χ2v) is 7.49. The van der Waals surface area contributed by atoms with Gasteiger partial charge in [0.1, 0.15) is 0 Å². The summed E-state index contributed by atoms with van der Waals surface area (Å²) in [5, 5.41) is 5.82. The predicted octanol–water partition coefficient (Wildman–Crippen LogP) is 6.96. The number of hydrogen-bond donors (Lipinski definition) is 2. The monoisotopic (exact) mass is 354 g/mol. The highest BCUT2D eigenvalue weighted by molar-refractivity contribution is 5.73. The molecule has 0 rings (SSSR count). The summed E-state index contributed by atoms with van der Waals surface area (Å²) in [6.07, 6.45) is 22.9. The second kappa shape index (κ2) is 21.3. The highest BCUT2D eigenvalue weighted by atomic mass is 16.2. The molecule has 3 nitrogen and oxygen atoms in total. The van der Waals surface area contributed by atoms with Crippen LogP contribution in [0.25, 0.3) is 0 Å². The van der Waals surface area contributed by atoms with E-state index in [0.29, 0.717) is 0 Å². The molecule has 0 unspecified atom stereocenters. The third kappa shape index (κ3) is 21.2. The van der Waals surface area contributed by atoms with Gasteiger partial charge in [-0.3, -0.25) is 0 Å². The molecule has 0 spiro atoms. The first kappa shape index (κ1) is 24.3. The lowest BCUT2D eigenvalue weighted by Gasteiger charge is -2.07. The molecule has 0 saturated heterocycles. The maximum absolute atomic E-state index is 11.4. The molecule has 25 heavy (non-hydrogen) atoms. The molecule has 0 aliphatic heterocycles. The Kier molecular flexibility index (Phi) is 20.7. The topological polar surface area (TPSA) is 41.1 Å². The summed E-state index contributed by atoms with van der Waals surface area (Å²) in [6, 6.07) is -0.00110. The molecule has 0 aliphatic rings. The lowest BCUT2D eigenvalue weighted by atomic mass is 10.0. The Morgan fingerprint density at radius 2 is 0.800 bits per heavy atom. The first-order valence-electron chi connectivity index (χ1n) is 11.3. The van der Waals surface area contributed by atoms with Crippen molar-refractivity contribution in [3.8, 4) is 0 Å². The van der Waals surface area contributed by atoms with Crippen LogP contribution in [0.2, 0.25) is 0 Å². The van der Waals surface area contributed by atoms with Gasteiger partial charge in [0.25, 0.3) is 0 Å². The van der Waals surface area contributed by atoms with Crippen LogP contribution in [-0.2, 0) is 0 Å². The van der Waals surface area contributed by atoms with Crippen LogP contribution in [-0.4, -0.2) is 19.1 Å². The maximum atomic E-state index is 11.4. The van der Waals surface area contributed by atoms with Crippen LogP contribution in [0.15, 0.2) is 0 Å². The molecule has 0 radical (unpaired) electrons. The van der Waals surface area contributed by atoms with Crippen molar-refractivity contribution in [3.05, 3.63) is 0 Å². The van der Waals surface area contributed by atoms with Crippen molar-refractivity contribution in [2.24, 2.45) is 0 Å². The van der Waals surface area contributed by atoms with Gasteiger partial charge in [0.05, 0.1) is 0 Å². The average Bonchev–Trinajstić information content (AvgIpc) is 2.61. The van der Waals surface area contributed by atoms with Crippen LogP contribution in [0.3, 0.4) is 0 Å². The fourth-order valence-electron chi connectivity index (χ4n) is 3.14. The predicted molar refractivity (Wildman–Crippen MR) is 111 cm³/mol. The third-order valence-corrected chi connectivity index (χ3v) is 4.88. The van der Waals surface area contributed by atoms with E-state index in [-0.39, 0.29) is 6.03 Å². The molecular weight excluding hydrogens is 308 g/mol. The van der Waals surface area contributed by atoms with Gasteiger partial charge in [-0.2, -0.15) is 0 Å². The van der Waals surface area contributed by atoms with E-state index < -0.39 is 0 Å². The van der Waals surface area contributed by atoms with Gasteiger partial charge in [0.15, 0.2) is 0 Å². The van der Waals surface area contributed by atoms with Gasteiger partial charge in [-0.05, 0) is 12.8 Å². The maximum Gasteiger partial charge on any atom is 0.314 e. The Morgan fingerprint density at radius 3 is 1.20 bits per heavy atom. The number of unbranched alkanes of at least 4 members (excludes halogenated alkanes) is 15. The minimum absolute atomic E-state index is 0.00110. The van der Waals surface area contributed by atoms with Gasteiger partial charge in [0.2, 0.25) is 0 Å². The van der Waals surface area contributed by atoms with Gasteiger partial charge in [0, 0.05) is 13.1 Å². The van der Waals surface area contributed by atoms with Crippen LogP contribution in [0.5, 0.6) is 0 Å². The number of hydrogen-bond acceptors (Lipinski definition) is 1. The molecule has 0 aliphatic carbocycles. The molecular formula is C22H46N2O. The van der Waals surface area contributed by atoms with Crippen molar-refractivity contribution in [2.75, 3.05) is 13.1 Å². The van der Waals surface area contributed by atoms with E-state index in [1.807, 2.05) is 0 Å². The normalized spacial score (nSPS) is 10.8. The zero-order valence-corrected chi connectivity index (χ0v) is 17.3. The number of amides is 2. The molecule has 0 atom stereocenters. The molecule has 0 aromatic heterocycles. The Morgan fingerprint density at radius 1 is 0.480 bits per heavy atom. The van der Waals surface area contributed by atoms with E-state index in [1.54, 1.807) is 0 Å². The molecule has 0 aromatic rings. The van der Waals surface area contributed by atoms with Crippen molar-refractivity contribution < 1.29 is 4.79 Å². The van der Waals surface area contributed by atoms with Crippen LogP contribution < -0.4 is 10.6 Å². The summed E-state index contributed by atoms with van der Waals surface area (Å²) in [5.74, 6) is 0. The lowest BCUT2D eigenvalue weighted by molar-refractivity contribution is 0.240.